The molecular formula is C19H16F3N5O3. The summed E-state index contributed by atoms with van der Waals surface area (Å²) < 4.78 is 39.4. The van der Waals surface area contributed by atoms with Crippen molar-refractivity contribution in [1.82, 2.24) is 20.1 Å². The Kier molecular flexibility index (Phi) is 6.00. The zero-order valence-corrected chi connectivity index (χ0v) is 15.3. The fourth-order valence-electron chi connectivity index (χ4n) is 2.71. The molecule has 0 saturated heterocycles. The van der Waals surface area contributed by atoms with E-state index >= 15 is 0 Å². The minimum atomic E-state index is -4.84. The Hall–Kier alpha value is -3.89. The highest BCUT2D eigenvalue weighted by Crippen LogP contribution is 2.26. The Labute approximate surface area is 167 Å². The van der Waals surface area contributed by atoms with Crippen LogP contribution in [0, 0.1) is 0 Å². The van der Waals surface area contributed by atoms with Gasteiger partial charge >= 0.3 is 6.18 Å². The third-order valence-corrected chi connectivity index (χ3v) is 4.10. The first kappa shape index (κ1) is 20.8. The lowest BCUT2D eigenvalue weighted by Gasteiger charge is -2.19. The molecule has 0 saturated carbocycles. The van der Waals surface area contributed by atoms with Gasteiger partial charge in [0.15, 0.2) is 0 Å². The van der Waals surface area contributed by atoms with E-state index < -0.39 is 41.7 Å². The maximum absolute atomic E-state index is 12.9. The number of benzene rings is 1. The lowest BCUT2D eigenvalue weighted by molar-refractivity contribution is -0.139. The van der Waals surface area contributed by atoms with Gasteiger partial charge < -0.3 is 15.2 Å². The Morgan fingerprint density at radius 1 is 1.10 bits per heavy atom. The van der Waals surface area contributed by atoms with Crippen LogP contribution in [0.5, 0.6) is 0 Å². The van der Waals surface area contributed by atoms with E-state index in [-0.39, 0.29) is 0 Å². The second kappa shape index (κ2) is 8.64. The summed E-state index contributed by atoms with van der Waals surface area (Å²) in [5.41, 5.74) is -2.29. The molecule has 8 nitrogen and oxygen atoms in total. The van der Waals surface area contributed by atoms with E-state index in [1.54, 1.807) is 30.3 Å². The van der Waals surface area contributed by atoms with E-state index in [2.05, 4.69) is 20.8 Å². The van der Waals surface area contributed by atoms with Crippen LogP contribution in [0.4, 0.5) is 19.0 Å². The summed E-state index contributed by atoms with van der Waals surface area (Å²) in [6.07, 6.45) is -2.35. The average Bonchev–Trinajstić information content (AvgIpc) is 3.20. The summed E-state index contributed by atoms with van der Waals surface area (Å²) in [5, 5.41) is 11.2. The predicted molar refractivity (Wildman–Crippen MR) is 100 cm³/mol. The van der Waals surface area contributed by atoms with E-state index in [1.807, 2.05) is 0 Å². The average molecular weight is 419 g/mol. The summed E-state index contributed by atoms with van der Waals surface area (Å²) in [6.45, 7) is -0.691. The minimum Gasteiger partial charge on any atom is -0.339 e. The monoisotopic (exact) mass is 419 g/mol. The zero-order valence-electron chi connectivity index (χ0n) is 15.3. The lowest BCUT2D eigenvalue weighted by atomic mass is 10.1. The Morgan fingerprint density at radius 2 is 1.83 bits per heavy atom. The van der Waals surface area contributed by atoms with E-state index in [9.17, 15) is 27.6 Å². The first-order valence-corrected chi connectivity index (χ1v) is 8.67. The highest BCUT2D eigenvalue weighted by Gasteiger charge is 2.34. The molecule has 2 amide bonds. The molecule has 3 rings (SSSR count). The lowest BCUT2D eigenvalue weighted by Crippen LogP contribution is -2.40. The van der Waals surface area contributed by atoms with Gasteiger partial charge in [-0.05, 0) is 17.7 Å². The van der Waals surface area contributed by atoms with Gasteiger partial charge in [0.05, 0.1) is 6.20 Å². The Morgan fingerprint density at radius 3 is 2.47 bits per heavy atom. The molecule has 3 N–H and O–H groups in total. The number of pyridine rings is 1. The van der Waals surface area contributed by atoms with Gasteiger partial charge in [0.2, 0.25) is 5.91 Å². The third kappa shape index (κ3) is 4.93. The Balaban J connectivity index is 1.80. The Bertz CT molecular complexity index is 1080. The van der Waals surface area contributed by atoms with E-state index in [1.165, 1.54) is 12.3 Å². The summed E-state index contributed by atoms with van der Waals surface area (Å²) in [6, 6.07) is 10.3. The van der Waals surface area contributed by atoms with E-state index in [0.717, 1.165) is 12.3 Å². The van der Waals surface area contributed by atoms with Crippen molar-refractivity contribution >= 4 is 17.6 Å². The standard InChI is InChI=1S/C19H16F3N5O3/c20-19(21,22)13-7-4-10-27(18(13)30)11-15(28)25-16(12-5-2-1-3-6-12)17(29)24-14-8-9-23-26-14/h1-10,16H,11H2,(H,25,28)(H2,23,24,26,29). The van der Waals surface area contributed by atoms with E-state index in [0.29, 0.717) is 22.0 Å². The van der Waals surface area contributed by atoms with Crippen molar-refractivity contribution in [3.8, 4) is 0 Å². The highest BCUT2D eigenvalue weighted by atomic mass is 19.4. The normalized spacial score (nSPS) is 12.2. The van der Waals surface area contributed by atoms with Gasteiger partial charge in [-0.3, -0.25) is 19.5 Å². The summed E-state index contributed by atoms with van der Waals surface area (Å²) in [4.78, 5) is 37.1. The quantitative estimate of drug-likeness (QED) is 0.568. The van der Waals surface area contributed by atoms with Crippen molar-refractivity contribution in [1.29, 1.82) is 0 Å². The van der Waals surface area contributed by atoms with Gasteiger partial charge in [-0.25, -0.2) is 0 Å². The van der Waals surface area contributed by atoms with Crippen LogP contribution in [0.1, 0.15) is 17.2 Å². The number of nitrogens with one attached hydrogen (secondary N) is 3. The molecule has 11 heteroatoms. The smallest absolute Gasteiger partial charge is 0.339 e. The molecule has 0 aliphatic carbocycles. The number of nitrogens with zero attached hydrogens (tertiary/aromatic N) is 2. The number of anilines is 1. The number of aromatic amines is 1. The number of amides is 2. The van der Waals surface area contributed by atoms with Crippen molar-refractivity contribution < 1.29 is 22.8 Å². The number of alkyl halides is 3. The van der Waals surface area contributed by atoms with Crippen LogP contribution in [0.3, 0.4) is 0 Å². The van der Waals surface area contributed by atoms with Gasteiger partial charge in [0.25, 0.3) is 11.5 Å². The molecule has 1 unspecified atom stereocenters. The summed E-state index contributed by atoms with van der Waals surface area (Å²) in [7, 11) is 0. The topological polar surface area (TPSA) is 109 Å². The van der Waals surface area contributed by atoms with E-state index in [4.69, 9.17) is 0 Å². The highest BCUT2D eigenvalue weighted by molar-refractivity contribution is 5.97. The number of carbonyl (C=O) groups is 2. The second-order valence-corrected chi connectivity index (χ2v) is 6.22. The molecular weight excluding hydrogens is 403 g/mol. The number of aromatic nitrogens is 3. The van der Waals surface area contributed by atoms with Gasteiger partial charge in [-0.15, -0.1) is 0 Å². The van der Waals surface area contributed by atoms with Crippen molar-refractivity contribution in [2.45, 2.75) is 18.8 Å². The fourth-order valence-corrected chi connectivity index (χ4v) is 2.71. The largest absolute Gasteiger partial charge is 0.421 e. The van der Waals surface area contributed by atoms with Crippen molar-refractivity contribution in [2.75, 3.05) is 5.32 Å². The first-order valence-electron chi connectivity index (χ1n) is 8.67. The molecule has 0 radical (unpaired) electrons. The van der Waals surface area contributed by atoms with Crippen LogP contribution in [-0.2, 0) is 22.3 Å². The number of hydrogen-bond donors (Lipinski definition) is 3. The van der Waals surface area contributed by atoms with Gasteiger partial charge in [-0.1, -0.05) is 30.3 Å². The molecule has 0 bridgehead atoms. The van der Waals surface area contributed by atoms with Crippen molar-refractivity contribution in [2.24, 2.45) is 0 Å². The molecule has 0 aliphatic heterocycles. The minimum absolute atomic E-state index is 0.296. The molecule has 0 spiro atoms. The molecule has 2 heterocycles. The molecule has 0 aliphatic rings. The summed E-state index contributed by atoms with van der Waals surface area (Å²) in [5.74, 6) is -1.12. The van der Waals surface area contributed by atoms with Crippen LogP contribution in [0.25, 0.3) is 0 Å². The number of rotatable bonds is 6. The molecule has 0 fully saturated rings. The van der Waals surface area contributed by atoms with Gasteiger partial charge in [0.1, 0.15) is 24.0 Å². The molecule has 1 atom stereocenters. The first-order chi connectivity index (χ1) is 14.3. The van der Waals surface area contributed by atoms with Gasteiger partial charge in [0, 0.05) is 12.3 Å². The van der Waals surface area contributed by atoms with Crippen LogP contribution >= 0.6 is 0 Å². The van der Waals surface area contributed by atoms with Crippen LogP contribution in [-0.4, -0.2) is 26.6 Å². The fraction of sp³-hybridized carbons (Fsp3) is 0.158. The van der Waals surface area contributed by atoms with Crippen LogP contribution in [0.2, 0.25) is 0 Å². The van der Waals surface area contributed by atoms with Crippen LogP contribution < -0.4 is 16.2 Å². The van der Waals surface area contributed by atoms with Gasteiger partial charge in [-0.2, -0.15) is 18.3 Å². The third-order valence-electron chi connectivity index (χ3n) is 4.10. The maximum atomic E-state index is 12.9. The van der Waals surface area contributed by atoms with Crippen molar-refractivity contribution in [3.05, 3.63) is 82.4 Å². The predicted octanol–water partition coefficient (Wildman–Crippen LogP) is 2.09. The summed E-state index contributed by atoms with van der Waals surface area (Å²) >= 11 is 0. The van der Waals surface area contributed by atoms with Crippen molar-refractivity contribution in [3.63, 3.8) is 0 Å². The molecule has 3 aromatic rings. The van der Waals surface area contributed by atoms with Crippen LogP contribution in [0.15, 0.2) is 65.7 Å². The number of halogens is 3. The molecule has 156 valence electrons. The molecule has 2 aromatic heterocycles. The molecule has 30 heavy (non-hydrogen) atoms. The zero-order chi connectivity index (χ0) is 21.7. The maximum Gasteiger partial charge on any atom is 0.421 e. The molecule has 1 aromatic carbocycles. The number of hydrogen-bond acceptors (Lipinski definition) is 4. The number of carbonyl (C=O) groups excluding carboxylic acids is 2. The SMILES string of the molecule is O=C(Cn1cccc(C(F)(F)F)c1=O)NC(C(=O)Nc1ccn[nH]1)c1ccccc1. The second-order valence-electron chi connectivity index (χ2n) is 6.22. The number of H-pyrrole nitrogens is 1.